The Morgan fingerprint density at radius 1 is 1.11 bits per heavy atom. The standard InChI is InChI=1S/C14H11F2NOS/c15-11-6-10(14(17)19)7-12(16)13(11)18-8-9-4-2-1-3-5-9/h1-7H,8H2,(H2,17,19). The lowest BCUT2D eigenvalue weighted by Crippen LogP contribution is -2.11. The molecule has 2 rings (SSSR count). The van der Waals surface area contributed by atoms with Gasteiger partial charge in [-0.3, -0.25) is 0 Å². The van der Waals surface area contributed by atoms with Gasteiger partial charge in [-0.15, -0.1) is 0 Å². The highest BCUT2D eigenvalue weighted by atomic mass is 32.1. The molecule has 0 heterocycles. The van der Waals surface area contributed by atoms with Crippen molar-refractivity contribution in [3.8, 4) is 5.75 Å². The number of hydrogen-bond acceptors (Lipinski definition) is 2. The summed E-state index contributed by atoms with van der Waals surface area (Å²) >= 11 is 4.67. The average molecular weight is 279 g/mol. The third kappa shape index (κ3) is 3.26. The van der Waals surface area contributed by atoms with Gasteiger partial charge in [0, 0.05) is 5.56 Å². The summed E-state index contributed by atoms with van der Waals surface area (Å²) in [5, 5.41) is 0. The first kappa shape index (κ1) is 13.4. The lowest BCUT2D eigenvalue weighted by molar-refractivity contribution is 0.274. The van der Waals surface area contributed by atoms with Crippen molar-refractivity contribution in [3.05, 3.63) is 65.2 Å². The summed E-state index contributed by atoms with van der Waals surface area (Å²) < 4.78 is 32.5. The highest BCUT2D eigenvalue weighted by molar-refractivity contribution is 7.80. The molecule has 19 heavy (non-hydrogen) atoms. The van der Waals surface area contributed by atoms with Crippen LogP contribution in [0.2, 0.25) is 0 Å². The SMILES string of the molecule is NC(=S)c1cc(F)c(OCc2ccccc2)c(F)c1. The van der Waals surface area contributed by atoms with Crippen LogP contribution in [0.5, 0.6) is 5.75 Å². The predicted molar refractivity (Wildman–Crippen MR) is 73.0 cm³/mol. The van der Waals surface area contributed by atoms with E-state index in [1.54, 1.807) is 12.1 Å². The van der Waals surface area contributed by atoms with Gasteiger partial charge >= 0.3 is 0 Å². The van der Waals surface area contributed by atoms with E-state index in [4.69, 9.17) is 10.5 Å². The molecule has 2 N–H and O–H groups in total. The summed E-state index contributed by atoms with van der Waals surface area (Å²) in [7, 11) is 0. The van der Waals surface area contributed by atoms with E-state index in [9.17, 15) is 8.78 Å². The Balaban J connectivity index is 2.19. The van der Waals surface area contributed by atoms with Crippen LogP contribution in [-0.4, -0.2) is 4.99 Å². The number of hydrogen-bond donors (Lipinski definition) is 1. The van der Waals surface area contributed by atoms with Crippen LogP contribution in [-0.2, 0) is 6.61 Å². The molecule has 0 bridgehead atoms. The van der Waals surface area contributed by atoms with Crippen LogP contribution < -0.4 is 10.5 Å². The van der Waals surface area contributed by atoms with Crippen molar-refractivity contribution in [2.75, 3.05) is 0 Å². The van der Waals surface area contributed by atoms with Crippen molar-refractivity contribution in [1.29, 1.82) is 0 Å². The number of thiocarbonyl (C=S) groups is 1. The van der Waals surface area contributed by atoms with E-state index in [0.717, 1.165) is 17.7 Å². The molecule has 0 aliphatic heterocycles. The number of benzene rings is 2. The van der Waals surface area contributed by atoms with Gasteiger partial charge < -0.3 is 10.5 Å². The van der Waals surface area contributed by atoms with Gasteiger partial charge in [0.05, 0.1) is 0 Å². The summed E-state index contributed by atoms with van der Waals surface area (Å²) in [6.45, 7) is 0.0844. The van der Waals surface area contributed by atoms with E-state index in [2.05, 4.69) is 12.2 Å². The normalized spacial score (nSPS) is 10.2. The maximum atomic E-state index is 13.7. The van der Waals surface area contributed by atoms with Gasteiger partial charge in [-0.1, -0.05) is 42.5 Å². The van der Waals surface area contributed by atoms with Crippen LogP contribution in [0.15, 0.2) is 42.5 Å². The lowest BCUT2D eigenvalue weighted by atomic mass is 10.2. The number of nitrogens with two attached hydrogens (primary N) is 1. The quantitative estimate of drug-likeness (QED) is 0.873. The average Bonchev–Trinajstić information content (AvgIpc) is 2.38. The third-order valence-electron chi connectivity index (χ3n) is 2.51. The van der Waals surface area contributed by atoms with Crippen LogP contribution in [0.25, 0.3) is 0 Å². The highest BCUT2D eigenvalue weighted by Crippen LogP contribution is 2.24. The maximum absolute atomic E-state index is 13.7. The van der Waals surface area contributed by atoms with Crippen LogP contribution in [0, 0.1) is 11.6 Å². The van der Waals surface area contributed by atoms with Crippen molar-refractivity contribution < 1.29 is 13.5 Å². The molecule has 0 aliphatic carbocycles. The zero-order valence-corrected chi connectivity index (χ0v) is 10.7. The van der Waals surface area contributed by atoms with Crippen LogP contribution in [0.4, 0.5) is 8.78 Å². The van der Waals surface area contributed by atoms with Crippen molar-refractivity contribution in [2.45, 2.75) is 6.61 Å². The van der Waals surface area contributed by atoms with E-state index in [1.807, 2.05) is 18.2 Å². The summed E-state index contributed by atoms with van der Waals surface area (Å²) in [5.41, 5.74) is 6.28. The molecule has 5 heteroatoms. The third-order valence-corrected chi connectivity index (χ3v) is 2.74. The van der Waals surface area contributed by atoms with Gasteiger partial charge in [0.25, 0.3) is 0 Å². The molecule has 0 radical (unpaired) electrons. The van der Waals surface area contributed by atoms with Crippen LogP contribution in [0.1, 0.15) is 11.1 Å². The lowest BCUT2D eigenvalue weighted by Gasteiger charge is -2.09. The Morgan fingerprint density at radius 3 is 2.21 bits per heavy atom. The molecule has 2 nitrogen and oxygen atoms in total. The summed E-state index contributed by atoms with van der Waals surface area (Å²) in [5.74, 6) is -2.07. The van der Waals surface area contributed by atoms with Crippen LogP contribution in [0.3, 0.4) is 0 Å². The van der Waals surface area contributed by atoms with Gasteiger partial charge in [-0.2, -0.15) is 0 Å². The largest absolute Gasteiger partial charge is 0.483 e. The van der Waals surface area contributed by atoms with Crippen molar-refractivity contribution in [1.82, 2.24) is 0 Å². The summed E-state index contributed by atoms with van der Waals surface area (Å²) in [6.07, 6.45) is 0. The second kappa shape index (κ2) is 5.75. The molecule has 0 saturated carbocycles. The minimum absolute atomic E-state index is 0.0626. The minimum atomic E-state index is -0.821. The minimum Gasteiger partial charge on any atom is -0.483 e. The fourth-order valence-corrected chi connectivity index (χ4v) is 1.69. The molecule has 0 unspecified atom stereocenters. The van der Waals surface area contributed by atoms with Gasteiger partial charge in [0.1, 0.15) is 11.6 Å². The summed E-state index contributed by atoms with van der Waals surface area (Å²) in [6, 6.07) is 11.2. The zero-order chi connectivity index (χ0) is 13.8. The molecule has 0 fully saturated rings. The monoisotopic (exact) mass is 279 g/mol. The maximum Gasteiger partial charge on any atom is 0.191 e. The smallest absolute Gasteiger partial charge is 0.191 e. The van der Waals surface area contributed by atoms with E-state index in [1.165, 1.54) is 0 Å². The first-order chi connectivity index (χ1) is 9.08. The second-order valence-corrected chi connectivity index (χ2v) is 4.35. The van der Waals surface area contributed by atoms with Gasteiger partial charge in [0.15, 0.2) is 17.4 Å². The Morgan fingerprint density at radius 2 is 1.68 bits per heavy atom. The molecule has 0 spiro atoms. The zero-order valence-electron chi connectivity index (χ0n) is 9.90. The number of rotatable bonds is 4. The Bertz CT molecular complexity index is 579. The topological polar surface area (TPSA) is 35.2 Å². The first-order valence-electron chi connectivity index (χ1n) is 5.53. The molecule has 0 saturated heterocycles. The van der Waals surface area contributed by atoms with Crippen molar-refractivity contribution >= 4 is 17.2 Å². The molecule has 0 aliphatic rings. The van der Waals surface area contributed by atoms with Gasteiger partial charge in [-0.05, 0) is 17.7 Å². The van der Waals surface area contributed by atoms with Gasteiger partial charge in [-0.25, -0.2) is 8.78 Å². The van der Waals surface area contributed by atoms with Crippen LogP contribution >= 0.6 is 12.2 Å². The van der Waals surface area contributed by atoms with E-state index < -0.39 is 17.4 Å². The number of ether oxygens (including phenoxy) is 1. The molecular weight excluding hydrogens is 268 g/mol. The predicted octanol–water partition coefficient (Wildman–Crippen LogP) is 3.18. The van der Waals surface area contributed by atoms with E-state index in [0.29, 0.717) is 0 Å². The van der Waals surface area contributed by atoms with E-state index >= 15 is 0 Å². The molecule has 0 aromatic heterocycles. The number of halogens is 2. The second-order valence-electron chi connectivity index (χ2n) is 3.91. The van der Waals surface area contributed by atoms with Gasteiger partial charge in [0.2, 0.25) is 0 Å². The Labute approximate surface area is 114 Å². The Kier molecular flexibility index (Phi) is 4.06. The summed E-state index contributed by atoms with van der Waals surface area (Å²) in [4.78, 5) is -0.0626. The molecule has 98 valence electrons. The highest BCUT2D eigenvalue weighted by Gasteiger charge is 2.13. The van der Waals surface area contributed by atoms with E-state index in [-0.39, 0.29) is 17.2 Å². The molecular formula is C14H11F2NOS. The molecule has 0 amide bonds. The molecule has 0 atom stereocenters. The molecule has 2 aromatic carbocycles. The molecule has 2 aromatic rings. The Hall–Kier alpha value is -2.01. The van der Waals surface area contributed by atoms with Crippen molar-refractivity contribution in [3.63, 3.8) is 0 Å². The first-order valence-corrected chi connectivity index (χ1v) is 5.94. The fraction of sp³-hybridized carbons (Fsp3) is 0.0714. The van der Waals surface area contributed by atoms with Crippen molar-refractivity contribution in [2.24, 2.45) is 5.73 Å². The fourth-order valence-electron chi connectivity index (χ4n) is 1.57.